The van der Waals surface area contributed by atoms with E-state index in [1.807, 2.05) is 0 Å². The number of Topliss-reactive ketones (excluding diaryl/α,β-unsaturated/α-hetero) is 1. The number of ketones is 1. The van der Waals surface area contributed by atoms with E-state index >= 15 is 0 Å². The van der Waals surface area contributed by atoms with Crippen molar-refractivity contribution in [3.63, 3.8) is 0 Å². The molecule has 2 heterocycles. The number of aromatic nitrogens is 2. The van der Waals surface area contributed by atoms with Crippen LogP contribution in [-0.4, -0.2) is 21.7 Å². The Morgan fingerprint density at radius 1 is 1.37 bits per heavy atom. The fraction of sp³-hybridized carbons (Fsp3) is 0.238. The molecule has 1 aromatic carbocycles. The van der Waals surface area contributed by atoms with Crippen LogP contribution in [0.3, 0.4) is 0 Å². The van der Waals surface area contributed by atoms with Gasteiger partial charge in [0.25, 0.3) is 0 Å². The Hall–Kier alpha value is -2.96. The first-order valence-electron chi connectivity index (χ1n) is 9.34. The van der Waals surface area contributed by atoms with Crippen LogP contribution in [0.2, 0.25) is 0 Å². The first-order valence-corrected chi connectivity index (χ1v) is 11.1. The van der Waals surface area contributed by atoms with Gasteiger partial charge in [-0.15, -0.1) is 16.8 Å². The van der Waals surface area contributed by atoms with Gasteiger partial charge in [0.05, 0.1) is 17.6 Å². The number of halogens is 1. The molecule has 6 nitrogen and oxygen atoms in total. The number of carbonyl (C=O) groups is 1. The molecule has 0 bridgehead atoms. The predicted molar refractivity (Wildman–Crippen MR) is 115 cm³/mol. The van der Waals surface area contributed by atoms with Crippen LogP contribution in [-0.2, 0) is 4.79 Å². The molecule has 0 spiro atoms. The number of anilines is 1. The van der Waals surface area contributed by atoms with E-state index in [1.165, 1.54) is 35.2 Å². The van der Waals surface area contributed by atoms with Crippen LogP contribution in [0.25, 0.3) is 0 Å². The number of nitrogens with two attached hydrogens (primary N) is 1. The van der Waals surface area contributed by atoms with Crippen LogP contribution < -0.4 is 10.6 Å². The number of nitriles is 1. The van der Waals surface area contributed by atoms with Gasteiger partial charge < -0.3 is 5.73 Å². The number of allylic oxidation sites excluding steroid dienone is 3. The van der Waals surface area contributed by atoms with Gasteiger partial charge in [-0.3, -0.25) is 9.69 Å². The number of carbonyl (C=O) groups excluding carboxylic acids is 1. The minimum absolute atomic E-state index is 0.0263. The first kappa shape index (κ1) is 20.3. The van der Waals surface area contributed by atoms with E-state index in [2.05, 4.69) is 22.8 Å². The van der Waals surface area contributed by atoms with E-state index in [-0.39, 0.29) is 23.0 Å². The molecule has 0 radical (unpaired) electrons. The highest BCUT2D eigenvalue weighted by atomic mass is 32.2. The predicted octanol–water partition coefficient (Wildman–Crippen LogP) is 4.26. The van der Waals surface area contributed by atoms with Gasteiger partial charge in [-0.2, -0.15) is 5.26 Å². The zero-order chi connectivity index (χ0) is 21.3. The Bertz CT molecular complexity index is 1110. The molecule has 1 unspecified atom stereocenters. The molecule has 152 valence electrons. The zero-order valence-corrected chi connectivity index (χ0v) is 17.6. The summed E-state index contributed by atoms with van der Waals surface area (Å²) < 4.78 is 14.2. The number of rotatable bonds is 5. The van der Waals surface area contributed by atoms with Crippen LogP contribution in [0, 0.1) is 17.1 Å². The smallest absolute Gasteiger partial charge is 0.219 e. The van der Waals surface area contributed by atoms with E-state index in [4.69, 9.17) is 5.73 Å². The molecule has 1 aliphatic heterocycles. The van der Waals surface area contributed by atoms with Crippen molar-refractivity contribution in [3.8, 4) is 6.07 Å². The van der Waals surface area contributed by atoms with Crippen LogP contribution >= 0.6 is 23.1 Å². The largest absolute Gasteiger partial charge is 0.384 e. The Kier molecular flexibility index (Phi) is 5.70. The molecule has 2 N–H and O–H groups in total. The maximum atomic E-state index is 13.5. The third kappa shape index (κ3) is 3.53. The quantitative estimate of drug-likeness (QED) is 0.549. The highest BCUT2D eigenvalue weighted by Gasteiger charge is 2.41. The summed E-state index contributed by atoms with van der Waals surface area (Å²) in [5, 5.41) is 18.9. The molecule has 1 aliphatic carbocycles. The molecule has 1 atom stereocenters. The monoisotopic (exact) mass is 439 g/mol. The van der Waals surface area contributed by atoms with Crippen molar-refractivity contribution in [2.75, 3.05) is 10.7 Å². The van der Waals surface area contributed by atoms with E-state index in [1.54, 1.807) is 23.1 Å². The second kappa shape index (κ2) is 8.42. The van der Waals surface area contributed by atoms with Gasteiger partial charge in [0, 0.05) is 23.4 Å². The van der Waals surface area contributed by atoms with E-state index in [9.17, 15) is 14.4 Å². The third-order valence-electron chi connectivity index (χ3n) is 5.03. The lowest BCUT2D eigenvalue weighted by molar-refractivity contribution is -0.116. The molecule has 0 saturated carbocycles. The van der Waals surface area contributed by atoms with Gasteiger partial charge in [0.15, 0.2) is 10.1 Å². The van der Waals surface area contributed by atoms with Crippen molar-refractivity contribution < 1.29 is 9.18 Å². The Morgan fingerprint density at radius 3 is 2.83 bits per heavy atom. The second-order valence-electron chi connectivity index (χ2n) is 6.82. The number of hydrogen-bond donors (Lipinski definition) is 1. The highest BCUT2D eigenvalue weighted by molar-refractivity contribution is 8.01. The summed E-state index contributed by atoms with van der Waals surface area (Å²) in [4.78, 5) is 14.7. The molecule has 2 aliphatic rings. The van der Waals surface area contributed by atoms with Crippen molar-refractivity contribution in [2.45, 2.75) is 29.5 Å². The van der Waals surface area contributed by atoms with Crippen molar-refractivity contribution >= 4 is 34.0 Å². The number of benzene rings is 1. The summed E-state index contributed by atoms with van der Waals surface area (Å²) in [6.45, 7) is 3.70. The minimum atomic E-state index is -0.614. The standard InChI is InChI=1S/C21H18FN5OS2/c1-2-10-29-21-26-25-20(30-21)27-15-4-3-5-16(28)18(15)17(14(11-23)19(27)24)12-6-8-13(22)9-7-12/h2,6-9,17H,1,3-5,10,24H2. The average molecular weight is 440 g/mol. The zero-order valence-electron chi connectivity index (χ0n) is 16.0. The molecular weight excluding hydrogens is 421 g/mol. The molecule has 30 heavy (non-hydrogen) atoms. The molecular formula is C21H18FN5OS2. The van der Waals surface area contributed by atoms with Crippen molar-refractivity contribution in [1.29, 1.82) is 5.26 Å². The third-order valence-corrected chi connectivity index (χ3v) is 7.07. The SMILES string of the molecule is C=CCSc1nnc(N2C(N)=C(C#N)C(c3ccc(F)cc3)C3=C2CCCC3=O)s1. The van der Waals surface area contributed by atoms with E-state index in [0.29, 0.717) is 41.3 Å². The van der Waals surface area contributed by atoms with Crippen LogP contribution in [0.4, 0.5) is 9.52 Å². The Labute approximate surface area is 181 Å². The van der Waals surface area contributed by atoms with Gasteiger partial charge in [-0.25, -0.2) is 4.39 Å². The summed E-state index contributed by atoms with van der Waals surface area (Å²) in [5.74, 6) is -0.0904. The van der Waals surface area contributed by atoms with E-state index < -0.39 is 5.92 Å². The fourth-order valence-corrected chi connectivity index (χ4v) is 5.42. The van der Waals surface area contributed by atoms with Crippen molar-refractivity contribution in [1.82, 2.24) is 10.2 Å². The number of thioether (sulfide) groups is 1. The van der Waals surface area contributed by atoms with Crippen LogP contribution in [0.5, 0.6) is 0 Å². The van der Waals surface area contributed by atoms with Gasteiger partial charge in [0.2, 0.25) is 5.13 Å². The van der Waals surface area contributed by atoms with Crippen molar-refractivity contribution in [3.05, 3.63) is 71.0 Å². The lowest BCUT2D eigenvalue weighted by Gasteiger charge is -2.38. The molecule has 0 saturated heterocycles. The normalized spacial score (nSPS) is 19.0. The minimum Gasteiger partial charge on any atom is -0.384 e. The summed E-state index contributed by atoms with van der Waals surface area (Å²) in [7, 11) is 0. The molecule has 0 fully saturated rings. The topological polar surface area (TPSA) is 95.9 Å². The van der Waals surface area contributed by atoms with Crippen molar-refractivity contribution in [2.24, 2.45) is 5.73 Å². The summed E-state index contributed by atoms with van der Waals surface area (Å²) in [6.07, 6.45) is 3.51. The first-order chi connectivity index (χ1) is 14.5. The number of nitrogens with zero attached hydrogens (tertiary/aromatic N) is 4. The maximum Gasteiger partial charge on any atom is 0.219 e. The number of hydrogen-bond acceptors (Lipinski definition) is 8. The molecule has 0 amide bonds. The molecule has 4 rings (SSSR count). The molecule has 2 aromatic rings. The van der Waals surface area contributed by atoms with Gasteiger partial charge in [-0.1, -0.05) is 41.3 Å². The lowest BCUT2D eigenvalue weighted by atomic mass is 9.76. The Balaban J connectivity index is 1.86. The highest BCUT2D eigenvalue weighted by Crippen LogP contribution is 2.47. The van der Waals surface area contributed by atoms with Gasteiger partial charge in [-0.05, 0) is 30.5 Å². The second-order valence-corrected chi connectivity index (χ2v) is 9.04. The maximum absolute atomic E-state index is 13.5. The van der Waals surface area contributed by atoms with Crippen LogP contribution in [0.15, 0.2) is 63.9 Å². The molecule has 1 aromatic heterocycles. The van der Waals surface area contributed by atoms with Crippen LogP contribution in [0.1, 0.15) is 30.7 Å². The van der Waals surface area contributed by atoms with Gasteiger partial charge in [0.1, 0.15) is 11.6 Å². The van der Waals surface area contributed by atoms with Gasteiger partial charge >= 0.3 is 0 Å². The summed E-state index contributed by atoms with van der Waals surface area (Å²) >= 11 is 2.85. The summed E-state index contributed by atoms with van der Waals surface area (Å²) in [6, 6.07) is 8.04. The Morgan fingerprint density at radius 2 is 2.13 bits per heavy atom. The summed E-state index contributed by atoms with van der Waals surface area (Å²) in [5.41, 5.74) is 8.67. The fourth-order valence-electron chi connectivity index (χ4n) is 3.77. The molecule has 9 heteroatoms. The lowest BCUT2D eigenvalue weighted by Crippen LogP contribution is -2.38. The average Bonchev–Trinajstić information content (AvgIpc) is 3.20. The van der Waals surface area contributed by atoms with E-state index in [0.717, 1.165) is 10.0 Å².